The number of aromatic hydroxyl groups is 2. The van der Waals surface area contributed by atoms with Crippen LogP contribution in [0, 0.1) is 0 Å². The van der Waals surface area contributed by atoms with Crippen LogP contribution < -0.4 is 14.2 Å². The van der Waals surface area contributed by atoms with Gasteiger partial charge in [0.25, 0.3) is 0 Å². The topological polar surface area (TPSA) is 293 Å². The van der Waals surface area contributed by atoms with E-state index in [2.05, 4.69) is 0 Å². The Hall–Kier alpha value is -3.41. The maximum Gasteiger partial charge on any atom is 0.229 e. The van der Waals surface area contributed by atoms with Gasteiger partial charge in [-0.2, -0.15) is 0 Å². The summed E-state index contributed by atoms with van der Waals surface area (Å²) >= 11 is 0. The number of carbonyl (C=O) groups is 1. The highest BCUT2D eigenvalue weighted by molar-refractivity contribution is 6.02. The first-order chi connectivity index (χ1) is 24.2. The highest BCUT2D eigenvalue weighted by Gasteiger charge is 2.55. The Morgan fingerprint density at radius 1 is 0.882 bits per heavy atom. The average Bonchev–Trinajstić information content (AvgIpc) is 3.56. The second-order valence-electron chi connectivity index (χ2n) is 12.8. The number of benzene rings is 2. The molecule has 2 aromatic rings. The SMILES string of the molecule is COc1cc([C@@H]2CC(=O)c3c(O)cc(OC4OC(CO)C(O)C(O)C4OC4OCC(O)(COC5OCC(O)(CO)C5O)C4O)cc3O2)ccc1O. The van der Waals surface area contributed by atoms with Gasteiger partial charge >= 0.3 is 0 Å². The van der Waals surface area contributed by atoms with Crippen LogP contribution in [-0.2, 0) is 23.7 Å². The summed E-state index contributed by atoms with van der Waals surface area (Å²) in [6.45, 7) is -3.36. The number of ketones is 1. The number of methoxy groups -OCH3 is 1. The molecular weight excluding hydrogens is 688 g/mol. The van der Waals surface area contributed by atoms with Crippen molar-refractivity contribution in [3.8, 4) is 28.7 Å². The smallest absolute Gasteiger partial charge is 0.229 e. The summed E-state index contributed by atoms with van der Waals surface area (Å²) in [5.41, 5.74) is -3.82. The lowest BCUT2D eigenvalue weighted by Crippen LogP contribution is -2.62. The number of hydrogen-bond donors (Lipinski definition) is 10. The Kier molecular flexibility index (Phi) is 10.7. The lowest BCUT2D eigenvalue weighted by molar-refractivity contribution is -0.319. The molecule has 0 aromatic heterocycles. The van der Waals surface area contributed by atoms with Gasteiger partial charge in [-0.1, -0.05) is 6.07 Å². The third-order valence-corrected chi connectivity index (χ3v) is 9.30. The third-order valence-electron chi connectivity index (χ3n) is 9.30. The van der Waals surface area contributed by atoms with E-state index in [0.717, 1.165) is 6.07 Å². The van der Waals surface area contributed by atoms with E-state index in [1.165, 1.54) is 31.4 Å². The first-order valence-electron chi connectivity index (χ1n) is 15.9. The van der Waals surface area contributed by atoms with Gasteiger partial charge in [0, 0.05) is 12.1 Å². The molecule has 4 aliphatic heterocycles. The third kappa shape index (κ3) is 7.05. The van der Waals surface area contributed by atoms with Crippen LogP contribution in [0.2, 0.25) is 0 Å². The molecule has 0 aliphatic carbocycles. The fourth-order valence-electron chi connectivity index (χ4n) is 6.21. The highest BCUT2D eigenvalue weighted by atomic mass is 16.8. The molecule has 19 nitrogen and oxygen atoms in total. The summed E-state index contributed by atoms with van der Waals surface area (Å²) in [6, 6.07) is 6.74. The lowest BCUT2D eigenvalue weighted by Gasteiger charge is -2.42. The zero-order chi connectivity index (χ0) is 36.8. The molecule has 0 saturated carbocycles. The van der Waals surface area contributed by atoms with Gasteiger partial charge in [0.2, 0.25) is 6.29 Å². The summed E-state index contributed by atoms with van der Waals surface area (Å²) in [4.78, 5) is 13.1. The molecular formula is C32H40O19. The van der Waals surface area contributed by atoms with Crippen molar-refractivity contribution in [3.63, 3.8) is 0 Å². The van der Waals surface area contributed by atoms with E-state index in [1.807, 2.05) is 0 Å². The normalized spacial score (nSPS) is 37.9. The maximum absolute atomic E-state index is 13.1. The Morgan fingerprint density at radius 2 is 1.59 bits per heavy atom. The second kappa shape index (κ2) is 14.5. The van der Waals surface area contributed by atoms with Gasteiger partial charge in [0.1, 0.15) is 70.6 Å². The van der Waals surface area contributed by atoms with E-state index in [9.17, 15) is 55.9 Å². The molecule has 6 rings (SSSR count). The predicted molar refractivity (Wildman–Crippen MR) is 163 cm³/mol. The first-order valence-corrected chi connectivity index (χ1v) is 15.9. The summed E-state index contributed by atoms with van der Waals surface area (Å²) in [7, 11) is 1.36. The number of ether oxygens (including phenoxy) is 8. The van der Waals surface area contributed by atoms with Crippen LogP contribution in [0.3, 0.4) is 0 Å². The second-order valence-corrected chi connectivity index (χ2v) is 12.8. The lowest BCUT2D eigenvalue weighted by atomic mass is 9.95. The molecule has 0 bridgehead atoms. The summed E-state index contributed by atoms with van der Waals surface area (Å²) in [5, 5.41) is 104. The van der Waals surface area contributed by atoms with Crippen molar-refractivity contribution in [1.82, 2.24) is 0 Å². The predicted octanol–water partition coefficient (Wildman–Crippen LogP) is -3.08. The molecule has 4 heterocycles. The van der Waals surface area contributed by atoms with Crippen LogP contribution in [0.15, 0.2) is 30.3 Å². The Morgan fingerprint density at radius 3 is 2.27 bits per heavy atom. The zero-order valence-corrected chi connectivity index (χ0v) is 27.0. The number of rotatable bonds is 11. The molecule has 19 heteroatoms. The molecule has 2 aromatic carbocycles. The minimum atomic E-state index is -2.18. The van der Waals surface area contributed by atoms with Gasteiger partial charge < -0.3 is 89.0 Å². The molecule has 10 N–H and O–H groups in total. The first kappa shape index (κ1) is 37.4. The van der Waals surface area contributed by atoms with Gasteiger partial charge in [0.05, 0.1) is 46.6 Å². The molecule has 51 heavy (non-hydrogen) atoms. The number of carbonyl (C=O) groups excluding carboxylic acids is 1. The van der Waals surface area contributed by atoms with Crippen LogP contribution in [0.25, 0.3) is 0 Å². The summed E-state index contributed by atoms with van der Waals surface area (Å²) < 4.78 is 44.5. The van der Waals surface area contributed by atoms with Crippen molar-refractivity contribution in [1.29, 1.82) is 0 Å². The van der Waals surface area contributed by atoms with Crippen molar-refractivity contribution in [3.05, 3.63) is 41.5 Å². The monoisotopic (exact) mass is 728 g/mol. The minimum Gasteiger partial charge on any atom is -0.507 e. The van der Waals surface area contributed by atoms with Crippen molar-refractivity contribution in [2.45, 2.75) is 79.2 Å². The van der Waals surface area contributed by atoms with E-state index in [1.54, 1.807) is 0 Å². The molecule has 3 fully saturated rings. The van der Waals surface area contributed by atoms with Gasteiger partial charge in [-0.3, -0.25) is 4.79 Å². The largest absolute Gasteiger partial charge is 0.507 e. The molecule has 0 spiro atoms. The quantitative estimate of drug-likeness (QED) is 0.110. The van der Waals surface area contributed by atoms with Crippen molar-refractivity contribution in [2.24, 2.45) is 0 Å². The van der Waals surface area contributed by atoms with Crippen LogP contribution in [-0.4, -0.2) is 164 Å². The number of aliphatic hydroxyl groups excluding tert-OH is 6. The van der Waals surface area contributed by atoms with Crippen molar-refractivity contribution < 1.29 is 93.8 Å². The van der Waals surface area contributed by atoms with Crippen LogP contribution in [0.5, 0.6) is 28.7 Å². The number of fused-ring (bicyclic) bond motifs is 1. The Bertz CT molecular complexity index is 1570. The van der Waals surface area contributed by atoms with Gasteiger partial charge in [-0.25, -0.2) is 0 Å². The van der Waals surface area contributed by atoms with Gasteiger partial charge in [-0.05, 0) is 17.7 Å². The average molecular weight is 729 g/mol. The summed E-state index contributed by atoms with van der Waals surface area (Å²) in [5.74, 6) is -1.21. The number of hydrogen-bond acceptors (Lipinski definition) is 19. The Balaban J connectivity index is 1.18. The molecule has 12 atom stereocenters. The number of phenolic OH excluding ortho intramolecular Hbond substituents is 2. The number of Topliss-reactive ketones (excluding diaryl/α,β-unsaturated/α-hetero) is 1. The molecule has 282 valence electrons. The van der Waals surface area contributed by atoms with E-state index in [0.29, 0.717) is 5.56 Å². The van der Waals surface area contributed by atoms with Crippen molar-refractivity contribution >= 4 is 5.78 Å². The molecule has 0 amide bonds. The maximum atomic E-state index is 13.1. The van der Waals surface area contributed by atoms with E-state index in [-0.39, 0.29) is 35.0 Å². The number of aliphatic hydroxyl groups is 8. The fourth-order valence-corrected chi connectivity index (χ4v) is 6.21. The van der Waals surface area contributed by atoms with Crippen LogP contribution in [0.1, 0.15) is 28.4 Å². The van der Waals surface area contributed by atoms with E-state index < -0.39 is 117 Å². The highest BCUT2D eigenvalue weighted by Crippen LogP contribution is 2.44. The summed E-state index contributed by atoms with van der Waals surface area (Å²) in [6.07, 6.45) is -16.0. The molecule has 4 aliphatic rings. The number of phenols is 2. The zero-order valence-electron chi connectivity index (χ0n) is 27.0. The fraction of sp³-hybridized carbons (Fsp3) is 0.594. The van der Waals surface area contributed by atoms with Gasteiger partial charge in [0.15, 0.2) is 36.0 Å². The molecule has 0 radical (unpaired) electrons. The van der Waals surface area contributed by atoms with E-state index >= 15 is 0 Å². The van der Waals surface area contributed by atoms with E-state index in [4.69, 9.17) is 37.9 Å². The Labute approximate surface area is 289 Å². The standard InChI is InChI=1S/C32H40O19/c1-44-19-4-13(2-3-15(19)35)18-7-17(37)22-16(36)5-14(6-20(22)49-18)48-28-25(24(39)23(38)21(8-33)50-28)51-30-27(41)32(43,12-47-30)11-46-29-26(40)31(42,9-34)10-45-29/h2-6,18,21,23-30,33-36,38-43H,7-12H2,1H3/t18-,21?,23?,24?,25?,26?,27?,28?,29?,30?,31?,32?/m0/s1. The van der Waals surface area contributed by atoms with Crippen molar-refractivity contribution in [2.75, 3.05) is 40.1 Å². The van der Waals surface area contributed by atoms with Crippen LogP contribution >= 0.6 is 0 Å². The minimum absolute atomic E-state index is 0.0840. The van der Waals surface area contributed by atoms with Gasteiger partial charge in [-0.15, -0.1) is 0 Å². The molecule has 11 unspecified atom stereocenters. The molecule has 3 saturated heterocycles. The van der Waals surface area contributed by atoms with Crippen LogP contribution in [0.4, 0.5) is 0 Å².